The maximum atomic E-state index is 11.8. The highest BCUT2D eigenvalue weighted by Crippen LogP contribution is 2.37. The lowest BCUT2D eigenvalue weighted by atomic mass is 9.89. The molecule has 51 heavy (non-hydrogen) atoms. The van der Waals surface area contributed by atoms with Crippen LogP contribution in [-0.2, 0) is 31.1 Å². The predicted octanol–water partition coefficient (Wildman–Crippen LogP) is 7.36. The molecule has 4 aromatic carbocycles. The monoisotopic (exact) mass is 704 g/mol. The van der Waals surface area contributed by atoms with Gasteiger partial charge in [0, 0.05) is 42.7 Å². The Balaban J connectivity index is 1.42. The third-order valence-corrected chi connectivity index (χ3v) is 9.26. The number of halogens is 1. The number of nitriles is 1. The second-order valence-corrected chi connectivity index (χ2v) is 13.0. The standard InChI is InChI=1S/C41H41ClN4O5/c1-26-32(10-6-12-35(26)36-13-7-11-34(27(36)2)31-9-5-8-28(15-31)19-44-4)24-51-39-17-38(50-23-30-14-29(18-43)20-45-21-30)33(16-37(39)42)22-46-41(3,25-47)40(48)49/h5-17,20-21,44,46-47H,19,22-25H2,1-4H3,(H,48,49). The minimum absolute atomic E-state index is 0.0362. The van der Waals surface area contributed by atoms with Gasteiger partial charge in [-0.3, -0.25) is 15.1 Å². The summed E-state index contributed by atoms with van der Waals surface area (Å²) in [4.78, 5) is 15.9. The first-order valence-electron chi connectivity index (χ1n) is 16.5. The number of hydrogen-bond donors (Lipinski definition) is 4. The summed E-state index contributed by atoms with van der Waals surface area (Å²) in [6, 6.07) is 28.2. The fourth-order valence-corrected chi connectivity index (χ4v) is 6.06. The van der Waals surface area contributed by atoms with Crippen molar-refractivity contribution in [1.82, 2.24) is 15.6 Å². The maximum Gasteiger partial charge on any atom is 0.326 e. The van der Waals surface area contributed by atoms with Gasteiger partial charge in [-0.1, -0.05) is 66.2 Å². The Morgan fingerprint density at radius 3 is 2.29 bits per heavy atom. The lowest BCUT2D eigenvalue weighted by Crippen LogP contribution is -2.52. The molecule has 0 aliphatic heterocycles. The van der Waals surface area contributed by atoms with E-state index in [1.165, 1.54) is 35.4 Å². The van der Waals surface area contributed by atoms with Crippen molar-refractivity contribution in [2.45, 2.75) is 52.6 Å². The zero-order valence-corrected chi connectivity index (χ0v) is 29.8. The number of aliphatic hydroxyl groups is 1. The van der Waals surface area contributed by atoms with E-state index < -0.39 is 18.1 Å². The van der Waals surface area contributed by atoms with Crippen LogP contribution in [0.4, 0.5) is 0 Å². The van der Waals surface area contributed by atoms with E-state index >= 15 is 0 Å². The molecule has 0 aliphatic rings. The molecule has 5 aromatic rings. The van der Waals surface area contributed by atoms with Crippen molar-refractivity contribution in [2.24, 2.45) is 0 Å². The van der Waals surface area contributed by atoms with E-state index in [0.29, 0.717) is 33.2 Å². The van der Waals surface area contributed by atoms with E-state index in [1.54, 1.807) is 24.4 Å². The lowest BCUT2D eigenvalue weighted by molar-refractivity contribution is -0.145. The first kappa shape index (κ1) is 37.0. The minimum atomic E-state index is -1.58. The smallest absolute Gasteiger partial charge is 0.326 e. The summed E-state index contributed by atoms with van der Waals surface area (Å²) < 4.78 is 12.5. The van der Waals surface area contributed by atoms with Crippen molar-refractivity contribution in [3.05, 3.63) is 135 Å². The Labute approximate surface area is 303 Å². The normalized spacial score (nSPS) is 12.2. The molecule has 5 rings (SSSR count). The molecule has 1 atom stereocenters. The van der Waals surface area contributed by atoms with E-state index in [2.05, 4.69) is 84.1 Å². The number of rotatable bonds is 15. The molecule has 10 heteroatoms. The summed E-state index contributed by atoms with van der Waals surface area (Å²) in [6.07, 6.45) is 3.07. The molecule has 262 valence electrons. The van der Waals surface area contributed by atoms with Crippen LogP contribution in [0, 0.1) is 25.2 Å². The Hall–Kier alpha value is -5.24. The van der Waals surface area contributed by atoms with E-state index in [1.807, 2.05) is 19.2 Å². The second kappa shape index (κ2) is 16.6. The van der Waals surface area contributed by atoms with Crippen LogP contribution in [0.5, 0.6) is 11.5 Å². The molecule has 1 aromatic heterocycles. The van der Waals surface area contributed by atoms with Crippen molar-refractivity contribution in [3.63, 3.8) is 0 Å². The van der Waals surface area contributed by atoms with Gasteiger partial charge in [0.25, 0.3) is 0 Å². The predicted molar refractivity (Wildman–Crippen MR) is 199 cm³/mol. The quantitative estimate of drug-likeness (QED) is 0.0881. The van der Waals surface area contributed by atoms with Gasteiger partial charge in [0.2, 0.25) is 0 Å². The van der Waals surface area contributed by atoms with E-state index in [4.69, 9.17) is 21.1 Å². The van der Waals surface area contributed by atoms with Crippen LogP contribution in [0.25, 0.3) is 22.3 Å². The van der Waals surface area contributed by atoms with Crippen molar-refractivity contribution < 1.29 is 24.5 Å². The van der Waals surface area contributed by atoms with Gasteiger partial charge in [0.15, 0.2) is 0 Å². The molecular formula is C41H41ClN4O5. The van der Waals surface area contributed by atoms with Crippen LogP contribution in [0.2, 0.25) is 5.02 Å². The first-order chi connectivity index (χ1) is 24.6. The summed E-state index contributed by atoms with van der Waals surface area (Å²) in [6.45, 7) is 6.17. The summed E-state index contributed by atoms with van der Waals surface area (Å²) in [5.41, 5.74) is 9.12. The van der Waals surface area contributed by atoms with Gasteiger partial charge in [0.1, 0.15) is 36.3 Å². The molecule has 0 spiro atoms. The molecule has 0 saturated carbocycles. The first-order valence-corrected chi connectivity index (χ1v) is 16.9. The molecule has 1 unspecified atom stereocenters. The average molecular weight is 705 g/mol. The van der Waals surface area contributed by atoms with Gasteiger partial charge < -0.3 is 25.0 Å². The van der Waals surface area contributed by atoms with Crippen LogP contribution in [0.3, 0.4) is 0 Å². The van der Waals surface area contributed by atoms with Crippen molar-refractivity contribution >= 4 is 17.6 Å². The van der Waals surface area contributed by atoms with Crippen molar-refractivity contribution in [1.29, 1.82) is 5.26 Å². The number of aliphatic hydroxyl groups excluding tert-OH is 1. The number of carboxylic acid groups (broad SMARTS) is 1. The van der Waals surface area contributed by atoms with E-state index in [0.717, 1.165) is 28.8 Å². The van der Waals surface area contributed by atoms with Crippen LogP contribution in [0.15, 0.2) is 91.3 Å². The Kier molecular flexibility index (Phi) is 12.1. The number of pyridine rings is 1. The molecule has 0 fully saturated rings. The molecule has 0 radical (unpaired) electrons. The summed E-state index contributed by atoms with van der Waals surface area (Å²) in [5, 5.41) is 35.1. The third kappa shape index (κ3) is 8.74. The molecule has 4 N–H and O–H groups in total. The van der Waals surface area contributed by atoms with E-state index in [9.17, 15) is 20.3 Å². The fraction of sp³-hybridized carbons (Fsp3) is 0.244. The number of aliphatic carboxylic acids is 1. The highest BCUT2D eigenvalue weighted by atomic mass is 35.5. The number of nitrogens with one attached hydrogen (secondary N) is 2. The Morgan fingerprint density at radius 1 is 0.863 bits per heavy atom. The number of nitrogens with zero attached hydrogens (tertiary/aromatic N) is 2. The molecule has 1 heterocycles. The van der Waals surface area contributed by atoms with Crippen LogP contribution >= 0.6 is 11.6 Å². The highest BCUT2D eigenvalue weighted by Gasteiger charge is 2.32. The Bertz CT molecular complexity index is 2080. The van der Waals surface area contributed by atoms with Crippen LogP contribution in [-0.4, -0.2) is 40.4 Å². The van der Waals surface area contributed by atoms with Crippen LogP contribution in [0.1, 0.15) is 45.9 Å². The number of aromatic nitrogens is 1. The third-order valence-electron chi connectivity index (χ3n) is 8.96. The summed E-state index contributed by atoms with van der Waals surface area (Å²) in [5.74, 6) is -0.422. The molecule has 0 amide bonds. The van der Waals surface area contributed by atoms with Gasteiger partial charge in [-0.25, -0.2) is 0 Å². The molecule has 0 saturated heterocycles. The average Bonchev–Trinajstić information content (AvgIpc) is 3.14. The summed E-state index contributed by atoms with van der Waals surface area (Å²) in [7, 11) is 1.95. The van der Waals surface area contributed by atoms with Gasteiger partial charge in [-0.05, 0) is 90.5 Å². The number of carboxylic acids is 1. The SMILES string of the molecule is CNCc1cccc(-c2cccc(-c3cccc(COc4cc(OCc5cncc(C#N)c5)c(CNC(C)(CO)C(=O)O)cc4Cl)c3C)c2C)c1. The fourth-order valence-electron chi connectivity index (χ4n) is 5.82. The number of carbonyl (C=O) groups is 1. The maximum absolute atomic E-state index is 11.8. The molecule has 0 aliphatic carbocycles. The van der Waals surface area contributed by atoms with Crippen LogP contribution < -0.4 is 20.1 Å². The molecular weight excluding hydrogens is 664 g/mol. The van der Waals surface area contributed by atoms with E-state index in [-0.39, 0.29) is 19.8 Å². The molecule has 9 nitrogen and oxygen atoms in total. The molecule has 0 bridgehead atoms. The number of benzene rings is 4. The highest BCUT2D eigenvalue weighted by molar-refractivity contribution is 6.32. The second-order valence-electron chi connectivity index (χ2n) is 12.6. The van der Waals surface area contributed by atoms with Crippen molar-refractivity contribution in [3.8, 4) is 39.8 Å². The lowest BCUT2D eigenvalue weighted by Gasteiger charge is -2.25. The summed E-state index contributed by atoms with van der Waals surface area (Å²) >= 11 is 6.74. The van der Waals surface area contributed by atoms with Crippen molar-refractivity contribution in [2.75, 3.05) is 13.7 Å². The van der Waals surface area contributed by atoms with Gasteiger partial charge in [-0.2, -0.15) is 5.26 Å². The Morgan fingerprint density at radius 2 is 1.57 bits per heavy atom. The largest absolute Gasteiger partial charge is 0.488 e. The zero-order chi connectivity index (χ0) is 36.5. The van der Waals surface area contributed by atoms with Gasteiger partial charge in [0.05, 0.1) is 17.2 Å². The van der Waals surface area contributed by atoms with Gasteiger partial charge in [-0.15, -0.1) is 0 Å². The minimum Gasteiger partial charge on any atom is -0.488 e. The number of hydrogen-bond acceptors (Lipinski definition) is 8. The number of ether oxygens (including phenoxy) is 2. The topological polar surface area (TPSA) is 137 Å². The van der Waals surface area contributed by atoms with Gasteiger partial charge >= 0.3 is 5.97 Å². The zero-order valence-electron chi connectivity index (χ0n) is 29.1.